The van der Waals surface area contributed by atoms with E-state index in [0.29, 0.717) is 18.3 Å². The summed E-state index contributed by atoms with van der Waals surface area (Å²) in [5, 5.41) is 9.94. The molecule has 2 aromatic heterocycles. The van der Waals surface area contributed by atoms with E-state index < -0.39 is 11.7 Å². The molecule has 196 valence electrons. The van der Waals surface area contributed by atoms with Crippen LogP contribution in [-0.4, -0.2) is 63.6 Å². The van der Waals surface area contributed by atoms with Crippen molar-refractivity contribution >= 4 is 34.1 Å². The largest absolute Gasteiger partial charge is 0.376 e. The molecule has 7 nitrogen and oxygen atoms in total. The summed E-state index contributed by atoms with van der Waals surface area (Å²) < 4.78 is 21.7. The Morgan fingerprint density at radius 1 is 1.22 bits per heavy atom. The summed E-state index contributed by atoms with van der Waals surface area (Å²) in [5.41, 5.74) is 1.67. The van der Waals surface area contributed by atoms with Gasteiger partial charge in [0.05, 0.1) is 24.9 Å². The van der Waals surface area contributed by atoms with Gasteiger partial charge in [0.2, 0.25) is 5.91 Å². The maximum atomic E-state index is 14.5. The van der Waals surface area contributed by atoms with Gasteiger partial charge < -0.3 is 10.1 Å². The van der Waals surface area contributed by atoms with Gasteiger partial charge in [0.15, 0.2) is 0 Å². The zero-order valence-electron chi connectivity index (χ0n) is 21.5. The lowest BCUT2D eigenvalue weighted by Gasteiger charge is -2.43. The fraction of sp³-hybridized carbons (Fsp3) is 0.536. The van der Waals surface area contributed by atoms with E-state index in [1.54, 1.807) is 10.9 Å². The molecule has 9 heteroatoms. The van der Waals surface area contributed by atoms with Crippen molar-refractivity contribution < 1.29 is 13.9 Å². The van der Waals surface area contributed by atoms with Crippen LogP contribution in [0.5, 0.6) is 0 Å². The molecule has 3 aromatic rings. The Morgan fingerprint density at radius 3 is 2.68 bits per heavy atom. The molecule has 1 N–H and O–H groups in total. The molecule has 1 amide bonds. The zero-order chi connectivity index (χ0) is 25.9. The van der Waals surface area contributed by atoms with Gasteiger partial charge in [0, 0.05) is 41.7 Å². The second kappa shape index (κ2) is 9.33. The van der Waals surface area contributed by atoms with E-state index in [1.807, 2.05) is 38.5 Å². The number of piperidine rings is 1. The quantitative estimate of drug-likeness (QED) is 0.512. The third-order valence-corrected chi connectivity index (χ3v) is 9.20. The molecule has 2 saturated heterocycles. The van der Waals surface area contributed by atoms with Crippen LogP contribution < -0.4 is 5.32 Å². The van der Waals surface area contributed by atoms with E-state index in [2.05, 4.69) is 33.3 Å². The number of amides is 1. The molecule has 0 radical (unpaired) electrons. The third kappa shape index (κ3) is 4.43. The standard InChI is InChI=1S/C28H33ClFN5O2/c1-16-25(20-12-32-34(3)13-20)26(16)27(36)33-24-10-18-8-21(22(29)9-19(18)11-31-24)17-4-6-35(7-5-17)28(2)15-37-14-23(28)30/h8-13,16-17,23,25-26H,4-7,14-15H2,1-3H3,(H,31,33,36)/t16-,23+,25-,26+,28-/m1/s1. The Morgan fingerprint density at radius 2 is 2.00 bits per heavy atom. The van der Waals surface area contributed by atoms with E-state index in [-0.39, 0.29) is 30.3 Å². The molecular weight excluding hydrogens is 493 g/mol. The van der Waals surface area contributed by atoms with Crippen molar-refractivity contribution in [2.45, 2.75) is 50.2 Å². The van der Waals surface area contributed by atoms with Gasteiger partial charge in [-0.15, -0.1) is 0 Å². The van der Waals surface area contributed by atoms with Gasteiger partial charge in [-0.25, -0.2) is 9.37 Å². The molecule has 3 fully saturated rings. The van der Waals surface area contributed by atoms with E-state index in [9.17, 15) is 9.18 Å². The number of likely N-dealkylation sites (tertiary alicyclic amines) is 1. The second-order valence-electron chi connectivity index (χ2n) is 11.2. The smallest absolute Gasteiger partial charge is 0.229 e. The van der Waals surface area contributed by atoms with Crippen LogP contribution in [-0.2, 0) is 16.6 Å². The first-order chi connectivity index (χ1) is 17.7. The Balaban J connectivity index is 1.16. The summed E-state index contributed by atoms with van der Waals surface area (Å²) >= 11 is 6.72. The van der Waals surface area contributed by atoms with Crippen molar-refractivity contribution in [3.63, 3.8) is 0 Å². The fourth-order valence-electron chi connectivity index (χ4n) is 6.39. The molecule has 5 atom stereocenters. The van der Waals surface area contributed by atoms with Gasteiger partial charge in [-0.05, 0) is 79.4 Å². The lowest BCUT2D eigenvalue weighted by molar-refractivity contribution is -0.117. The van der Waals surface area contributed by atoms with Crippen molar-refractivity contribution in [3.05, 3.63) is 52.9 Å². The maximum absolute atomic E-state index is 14.5. The Hall–Kier alpha value is -2.55. The van der Waals surface area contributed by atoms with Gasteiger partial charge in [-0.3, -0.25) is 14.4 Å². The summed E-state index contributed by atoms with van der Waals surface area (Å²) in [7, 11) is 1.89. The predicted molar refractivity (Wildman–Crippen MR) is 142 cm³/mol. The molecule has 0 bridgehead atoms. The minimum absolute atomic E-state index is 0.00897. The maximum Gasteiger partial charge on any atom is 0.229 e. The Kier molecular flexibility index (Phi) is 6.24. The highest BCUT2D eigenvalue weighted by Gasteiger charge is 2.53. The fourth-order valence-corrected chi connectivity index (χ4v) is 6.72. The first-order valence-corrected chi connectivity index (χ1v) is 13.5. The summed E-state index contributed by atoms with van der Waals surface area (Å²) in [4.78, 5) is 19.7. The number of anilines is 1. The van der Waals surface area contributed by atoms with E-state index >= 15 is 0 Å². The van der Waals surface area contributed by atoms with Gasteiger partial charge in [-0.1, -0.05) is 18.5 Å². The van der Waals surface area contributed by atoms with Crippen LogP contribution in [0.2, 0.25) is 5.02 Å². The molecular formula is C28H33ClFN5O2. The number of pyridine rings is 1. The van der Waals surface area contributed by atoms with Crippen LogP contribution in [0.1, 0.15) is 49.7 Å². The average Bonchev–Trinajstić information content (AvgIpc) is 3.15. The highest BCUT2D eigenvalue weighted by atomic mass is 35.5. The summed E-state index contributed by atoms with van der Waals surface area (Å²) in [6.45, 7) is 6.33. The van der Waals surface area contributed by atoms with Gasteiger partial charge >= 0.3 is 0 Å². The van der Waals surface area contributed by atoms with Crippen molar-refractivity contribution in [3.8, 4) is 0 Å². The molecule has 2 aliphatic heterocycles. The molecule has 1 aromatic carbocycles. The predicted octanol–water partition coefficient (Wildman–Crippen LogP) is 4.92. The molecule has 0 unspecified atom stereocenters. The van der Waals surface area contributed by atoms with Crippen molar-refractivity contribution in [2.24, 2.45) is 18.9 Å². The number of nitrogens with one attached hydrogen (secondary N) is 1. The minimum atomic E-state index is -0.951. The van der Waals surface area contributed by atoms with E-state index in [4.69, 9.17) is 16.3 Å². The number of halogens is 2. The van der Waals surface area contributed by atoms with E-state index in [0.717, 1.165) is 52.9 Å². The number of aryl methyl sites for hydroxylation is 1. The van der Waals surface area contributed by atoms with Crippen LogP contribution in [0, 0.1) is 11.8 Å². The number of fused-ring (bicyclic) bond motifs is 1. The number of hydrogen-bond donors (Lipinski definition) is 1. The average molecular weight is 526 g/mol. The van der Waals surface area contributed by atoms with Crippen LogP contribution in [0.25, 0.3) is 10.8 Å². The molecule has 4 heterocycles. The first-order valence-electron chi connectivity index (χ1n) is 13.1. The van der Waals surface area contributed by atoms with Crippen molar-refractivity contribution in [1.29, 1.82) is 0 Å². The summed E-state index contributed by atoms with van der Waals surface area (Å²) in [6.07, 6.45) is 6.47. The number of benzene rings is 1. The van der Waals surface area contributed by atoms with Crippen molar-refractivity contribution in [1.82, 2.24) is 19.7 Å². The van der Waals surface area contributed by atoms with Gasteiger partial charge in [-0.2, -0.15) is 5.10 Å². The number of alkyl halides is 1. The topological polar surface area (TPSA) is 72.3 Å². The second-order valence-corrected chi connectivity index (χ2v) is 11.6. The van der Waals surface area contributed by atoms with Crippen LogP contribution >= 0.6 is 11.6 Å². The number of carbonyl (C=O) groups excluding carboxylic acids is 1. The monoisotopic (exact) mass is 525 g/mol. The van der Waals surface area contributed by atoms with Crippen LogP contribution in [0.15, 0.2) is 36.8 Å². The van der Waals surface area contributed by atoms with Crippen LogP contribution in [0.3, 0.4) is 0 Å². The highest BCUT2D eigenvalue weighted by Crippen LogP contribution is 2.54. The van der Waals surface area contributed by atoms with Gasteiger partial charge in [0.1, 0.15) is 12.0 Å². The van der Waals surface area contributed by atoms with E-state index in [1.165, 1.54) is 0 Å². The highest BCUT2D eigenvalue weighted by molar-refractivity contribution is 6.32. The lowest BCUT2D eigenvalue weighted by Crippen LogP contribution is -2.55. The molecule has 0 spiro atoms. The zero-order valence-corrected chi connectivity index (χ0v) is 22.2. The van der Waals surface area contributed by atoms with Crippen molar-refractivity contribution in [2.75, 3.05) is 31.6 Å². The number of aromatic nitrogens is 3. The minimum Gasteiger partial charge on any atom is -0.376 e. The normalized spacial score (nSPS) is 30.6. The molecule has 1 aliphatic carbocycles. The number of ether oxygens (including phenoxy) is 1. The molecule has 1 saturated carbocycles. The Labute approximate surface area is 221 Å². The lowest BCUT2D eigenvalue weighted by atomic mass is 9.85. The SMILES string of the molecule is C[C@H]1[C@H](C(=O)Nc2cc3cc(C4CCN([C@]5(C)COC[C@@H]5F)CC4)c(Cl)cc3cn2)[C@H]1c1cnn(C)c1. The third-order valence-electron chi connectivity index (χ3n) is 8.87. The summed E-state index contributed by atoms with van der Waals surface area (Å²) in [5.74, 6) is 1.22. The first kappa shape index (κ1) is 24.8. The number of nitrogens with zero attached hydrogens (tertiary/aromatic N) is 4. The van der Waals surface area contributed by atoms with Gasteiger partial charge in [0.25, 0.3) is 0 Å². The molecule has 6 rings (SSSR count). The number of carbonyl (C=O) groups is 1. The molecule has 37 heavy (non-hydrogen) atoms. The Bertz CT molecular complexity index is 1340. The van der Waals surface area contributed by atoms with Crippen LogP contribution in [0.4, 0.5) is 10.2 Å². The summed E-state index contributed by atoms with van der Waals surface area (Å²) in [6, 6.07) is 6.02. The number of rotatable bonds is 5. The number of hydrogen-bond acceptors (Lipinski definition) is 5. The molecule has 3 aliphatic rings.